The van der Waals surface area contributed by atoms with Crippen molar-refractivity contribution in [2.45, 2.75) is 18.4 Å². The van der Waals surface area contributed by atoms with Gasteiger partial charge in [0, 0.05) is 11.6 Å². The Morgan fingerprint density at radius 1 is 1.38 bits per heavy atom. The molecule has 8 heteroatoms. The van der Waals surface area contributed by atoms with Crippen molar-refractivity contribution in [2.24, 2.45) is 0 Å². The SMILES string of the molecule is O=C(CN1C(=O)N[C@@]2(CCc3ccccc32)C1=O)Nc1nccs1. The Morgan fingerprint density at radius 3 is 3.00 bits per heavy atom. The lowest BCUT2D eigenvalue weighted by molar-refractivity contribution is -0.134. The molecule has 1 fully saturated rings. The van der Waals surface area contributed by atoms with E-state index >= 15 is 0 Å². The molecule has 1 aromatic carbocycles. The maximum atomic E-state index is 12.9. The van der Waals surface area contributed by atoms with E-state index in [0.717, 1.165) is 22.4 Å². The number of rotatable bonds is 3. The molecular formula is C16H14N4O3S. The predicted octanol–water partition coefficient (Wildman–Crippen LogP) is 1.48. The Morgan fingerprint density at radius 2 is 2.21 bits per heavy atom. The molecule has 0 radical (unpaired) electrons. The first-order valence-corrected chi connectivity index (χ1v) is 8.40. The van der Waals surface area contributed by atoms with Crippen LogP contribution in [0.3, 0.4) is 0 Å². The van der Waals surface area contributed by atoms with Crippen molar-refractivity contribution in [1.82, 2.24) is 15.2 Å². The van der Waals surface area contributed by atoms with E-state index < -0.39 is 17.5 Å². The van der Waals surface area contributed by atoms with Gasteiger partial charge in [0.05, 0.1) is 0 Å². The highest BCUT2D eigenvalue weighted by Gasteiger charge is 2.55. The van der Waals surface area contributed by atoms with Gasteiger partial charge in [0.15, 0.2) is 5.13 Å². The number of aryl methyl sites for hydroxylation is 1. The van der Waals surface area contributed by atoms with E-state index in [0.29, 0.717) is 11.6 Å². The Kier molecular flexibility index (Phi) is 3.34. The predicted molar refractivity (Wildman–Crippen MR) is 87.4 cm³/mol. The summed E-state index contributed by atoms with van der Waals surface area (Å²) in [5, 5.41) is 7.54. The Bertz CT molecular complexity index is 836. The van der Waals surface area contributed by atoms with Crippen molar-refractivity contribution in [3.8, 4) is 0 Å². The molecule has 7 nitrogen and oxygen atoms in total. The minimum Gasteiger partial charge on any atom is -0.319 e. The van der Waals surface area contributed by atoms with Crippen LogP contribution in [0.2, 0.25) is 0 Å². The van der Waals surface area contributed by atoms with E-state index in [1.54, 1.807) is 11.6 Å². The summed E-state index contributed by atoms with van der Waals surface area (Å²) in [4.78, 5) is 42.2. The lowest BCUT2D eigenvalue weighted by atomic mass is 9.92. The lowest BCUT2D eigenvalue weighted by Gasteiger charge is -2.22. The fourth-order valence-electron chi connectivity index (χ4n) is 3.32. The van der Waals surface area contributed by atoms with Gasteiger partial charge in [0.1, 0.15) is 12.1 Å². The maximum absolute atomic E-state index is 12.9. The van der Waals surface area contributed by atoms with Crippen LogP contribution < -0.4 is 10.6 Å². The molecule has 1 saturated heterocycles. The smallest absolute Gasteiger partial charge is 0.319 e. The van der Waals surface area contributed by atoms with Crippen molar-refractivity contribution in [3.05, 3.63) is 47.0 Å². The van der Waals surface area contributed by atoms with Crippen LogP contribution in [0, 0.1) is 0 Å². The van der Waals surface area contributed by atoms with E-state index in [4.69, 9.17) is 0 Å². The number of carbonyl (C=O) groups is 3. The fraction of sp³-hybridized carbons (Fsp3) is 0.250. The minimum atomic E-state index is -1.03. The first kappa shape index (κ1) is 14.8. The van der Waals surface area contributed by atoms with Gasteiger partial charge in [-0.3, -0.25) is 14.5 Å². The van der Waals surface area contributed by atoms with Crippen molar-refractivity contribution >= 4 is 34.3 Å². The summed E-state index contributed by atoms with van der Waals surface area (Å²) in [5.41, 5.74) is 0.848. The van der Waals surface area contributed by atoms with Gasteiger partial charge in [-0.2, -0.15) is 0 Å². The molecule has 1 aromatic heterocycles. The highest BCUT2D eigenvalue weighted by molar-refractivity contribution is 7.13. The number of benzene rings is 1. The molecule has 24 heavy (non-hydrogen) atoms. The molecule has 1 aliphatic carbocycles. The first-order valence-electron chi connectivity index (χ1n) is 7.52. The highest BCUT2D eigenvalue weighted by Crippen LogP contribution is 2.41. The van der Waals surface area contributed by atoms with Crippen molar-refractivity contribution in [1.29, 1.82) is 0 Å². The number of thiazole rings is 1. The Balaban J connectivity index is 1.56. The van der Waals surface area contributed by atoms with Gasteiger partial charge in [-0.1, -0.05) is 24.3 Å². The third kappa shape index (κ3) is 2.18. The normalized spacial score (nSPS) is 21.9. The molecule has 1 aliphatic heterocycles. The van der Waals surface area contributed by atoms with Gasteiger partial charge < -0.3 is 10.6 Å². The molecule has 122 valence electrons. The number of imide groups is 1. The zero-order valence-electron chi connectivity index (χ0n) is 12.6. The number of nitrogens with zero attached hydrogens (tertiary/aromatic N) is 2. The van der Waals surface area contributed by atoms with Crippen LogP contribution in [-0.2, 0) is 21.5 Å². The minimum absolute atomic E-state index is 0.325. The standard InChI is InChI=1S/C16H14N4O3S/c21-12(18-14-17-7-8-24-14)9-20-13(22)16(19-15(20)23)6-5-10-3-1-2-4-11(10)16/h1-4,7-8H,5-6,9H2,(H,19,23)(H,17,18,21)/t16-/m1/s1. The second-order valence-corrected chi connectivity index (χ2v) is 6.66. The zero-order chi connectivity index (χ0) is 16.7. The second-order valence-electron chi connectivity index (χ2n) is 5.77. The average Bonchev–Trinajstić information content (AvgIpc) is 3.25. The molecule has 4 amide bonds. The number of hydrogen-bond acceptors (Lipinski definition) is 5. The molecule has 2 heterocycles. The van der Waals surface area contributed by atoms with Gasteiger partial charge in [-0.15, -0.1) is 11.3 Å². The third-order valence-corrected chi connectivity index (χ3v) is 5.09. The summed E-state index contributed by atoms with van der Waals surface area (Å²) >= 11 is 1.27. The molecular weight excluding hydrogens is 328 g/mol. The van der Waals surface area contributed by atoms with Crippen LogP contribution >= 0.6 is 11.3 Å². The number of hydrogen-bond donors (Lipinski definition) is 2. The average molecular weight is 342 g/mol. The molecule has 0 bridgehead atoms. The van der Waals surface area contributed by atoms with E-state index in [9.17, 15) is 14.4 Å². The number of amides is 4. The van der Waals surface area contributed by atoms with Gasteiger partial charge in [-0.25, -0.2) is 9.78 Å². The van der Waals surface area contributed by atoms with Gasteiger partial charge in [-0.05, 0) is 24.0 Å². The van der Waals surface area contributed by atoms with Crippen molar-refractivity contribution < 1.29 is 14.4 Å². The molecule has 2 aliphatic rings. The van der Waals surface area contributed by atoms with Gasteiger partial charge >= 0.3 is 6.03 Å². The van der Waals surface area contributed by atoms with Crippen LogP contribution in [0.5, 0.6) is 0 Å². The number of fused-ring (bicyclic) bond motifs is 2. The topological polar surface area (TPSA) is 91.4 Å². The van der Waals surface area contributed by atoms with Crippen molar-refractivity contribution in [3.63, 3.8) is 0 Å². The fourth-order valence-corrected chi connectivity index (χ4v) is 3.87. The van der Waals surface area contributed by atoms with Crippen LogP contribution in [0.25, 0.3) is 0 Å². The van der Waals surface area contributed by atoms with Crippen LogP contribution in [-0.4, -0.2) is 34.3 Å². The van der Waals surface area contributed by atoms with Crippen LogP contribution in [0.4, 0.5) is 9.93 Å². The Labute approximate surface area is 141 Å². The second kappa shape index (κ2) is 5.41. The van der Waals surface area contributed by atoms with Gasteiger partial charge in [0.2, 0.25) is 5.91 Å². The number of carbonyl (C=O) groups excluding carboxylic acids is 3. The van der Waals surface area contributed by atoms with Crippen molar-refractivity contribution in [2.75, 3.05) is 11.9 Å². The molecule has 2 aromatic rings. The summed E-state index contributed by atoms with van der Waals surface area (Å²) < 4.78 is 0. The number of urea groups is 1. The van der Waals surface area contributed by atoms with Crippen LogP contribution in [0.1, 0.15) is 17.5 Å². The lowest BCUT2D eigenvalue weighted by Crippen LogP contribution is -2.42. The monoisotopic (exact) mass is 342 g/mol. The molecule has 1 atom stereocenters. The summed E-state index contributed by atoms with van der Waals surface area (Å²) in [6.45, 7) is -0.325. The molecule has 4 rings (SSSR count). The zero-order valence-corrected chi connectivity index (χ0v) is 13.4. The molecule has 1 spiro atoms. The summed E-state index contributed by atoms with van der Waals surface area (Å²) in [5.74, 6) is -0.816. The summed E-state index contributed by atoms with van der Waals surface area (Å²) in [7, 11) is 0. The van der Waals surface area contributed by atoms with E-state index in [1.165, 1.54) is 11.3 Å². The Hall–Kier alpha value is -2.74. The van der Waals surface area contributed by atoms with Gasteiger partial charge in [0.25, 0.3) is 5.91 Å². The quantitative estimate of drug-likeness (QED) is 0.827. The first-order chi connectivity index (χ1) is 11.6. The highest BCUT2D eigenvalue weighted by atomic mass is 32.1. The van der Waals surface area contributed by atoms with E-state index in [2.05, 4.69) is 15.6 Å². The van der Waals surface area contributed by atoms with Crippen LogP contribution in [0.15, 0.2) is 35.8 Å². The summed E-state index contributed by atoms with van der Waals surface area (Å²) in [6, 6.07) is 7.05. The number of aromatic nitrogens is 1. The van der Waals surface area contributed by atoms with E-state index in [1.807, 2.05) is 24.3 Å². The number of nitrogens with one attached hydrogen (secondary N) is 2. The summed E-state index contributed by atoms with van der Waals surface area (Å²) in [6.07, 6.45) is 2.81. The maximum Gasteiger partial charge on any atom is 0.325 e. The molecule has 2 N–H and O–H groups in total. The number of anilines is 1. The largest absolute Gasteiger partial charge is 0.325 e. The third-order valence-electron chi connectivity index (χ3n) is 4.40. The molecule has 0 unspecified atom stereocenters. The molecule has 0 saturated carbocycles. The van der Waals surface area contributed by atoms with E-state index in [-0.39, 0.29) is 12.5 Å².